The third kappa shape index (κ3) is 2.95. The van der Waals surface area contributed by atoms with Crippen molar-refractivity contribution in [2.45, 2.75) is 57.3 Å². The van der Waals surface area contributed by atoms with E-state index in [4.69, 9.17) is 4.74 Å². The first-order chi connectivity index (χ1) is 7.65. The maximum atomic E-state index is 11.8. The number of hydrogen-bond acceptors (Lipinski definition) is 3. The summed E-state index contributed by atoms with van der Waals surface area (Å²) in [5.41, 5.74) is 0. The van der Waals surface area contributed by atoms with Crippen LogP contribution in [-0.2, 0) is 9.53 Å². The molecule has 0 aromatic rings. The second-order valence-corrected chi connectivity index (χ2v) is 4.97. The van der Waals surface area contributed by atoms with Crippen molar-refractivity contribution in [2.24, 2.45) is 0 Å². The van der Waals surface area contributed by atoms with Gasteiger partial charge in [0.2, 0.25) is 5.91 Å². The van der Waals surface area contributed by atoms with Crippen molar-refractivity contribution in [1.29, 1.82) is 0 Å². The Balaban J connectivity index is 1.68. The van der Waals surface area contributed by atoms with E-state index in [1.54, 1.807) is 4.90 Å². The summed E-state index contributed by atoms with van der Waals surface area (Å²) in [6, 6.07) is 0. The molecule has 0 aromatic carbocycles. The Kier molecular flexibility index (Phi) is 3.82. The van der Waals surface area contributed by atoms with Crippen molar-refractivity contribution in [2.75, 3.05) is 13.1 Å². The Morgan fingerprint density at radius 3 is 2.81 bits per heavy atom. The van der Waals surface area contributed by atoms with Crippen molar-refractivity contribution in [3.8, 4) is 0 Å². The second-order valence-electron chi connectivity index (χ2n) is 4.97. The molecular formula is C12H21NO3. The Labute approximate surface area is 96.6 Å². The van der Waals surface area contributed by atoms with Crippen LogP contribution in [0.3, 0.4) is 0 Å². The Hall–Kier alpha value is -0.610. The molecule has 92 valence electrons. The fraction of sp³-hybridized carbons (Fsp3) is 0.917. The van der Waals surface area contributed by atoms with Gasteiger partial charge in [-0.15, -0.1) is 0 Å². The molecule has 2 aliphatic heterocycles. The summed E-state index contributed by atoms with van der Waals surface area (Å²) in [6.45, 7) is 3.31. The lowest BCUT2D eigenvalue weighted by Crippen LogP contribution is -2.30. The summed E-state index contributed by atoms with van der Waals surface area (Å²) < 4.78 is 5.68. The molecule has 0 bridgehead atoms. The van der Waals surface area contributed by atoms with Crippen LogP contribution in [0.15, 0.2) is 0 Å². The van der Waals surface area contributed by atoms with Crippen molar-refractivity contribution in [3.63, 3.8) is 0 Å². The number of nitrogens with zero attached hydrogens (tertiary/aromatic N) is 1. The molecule has 0 saturated carbocycles. The molecule has 2 rings (SSSR count). The summed E-state index contributed by atoms with van der Waals surface area (Å²) >= 11 is 0. The van der Waals surface area contributed by atoms with E-state index in [2.05, 4.69) is 6.92 Å². The van der Waals surface area contributed by atoms with Gasteiger partial charge in [0.05, 0.1) is 18.3 Å². The van der Waals surface area contributed by atoms with E-state index in [0.717, 1.165) is 25.7 Å². The lowest BCUT2D eigenvalue weighted by Gasteiger charge is -2.17. The van der Waals surface area contributed by atoms with Gasteiger partial charge in [-0.25, -0.2) is 0 Å². The van der Waals surface area contributed by atoms with E-state index >= 15 is 0 Å². The van der Waals surface area contributed by atoms with Gasteiger partial charge >= 0.3 is 0 Å². The summed E-state index contributed by atoms with van der Waals surface area (Å²) in [7, 11) is 0. The van der Waals surface area contributed by atoms with Crippen LogP contribution in [0.4, 0.5) is 0 Å². The molecule has 0 aliphatic carbocycles. The van der Waals surface area contributed by atoms with Crippen LogP contribution in [0.1, 0.15) is 39.0 Å². The van der Waals surface area contributed by atoms with E-state index in [1.165, 1.54) is 0 Å². The smallest absolute Gasteiger partial charge is 0.222 e. The number of likely N-dealkylation sites (tertiary alicyclic amines) is 1. The van der Waals surface area contributed by atoms with Crippen LogP contribution in [0.25, 0.3) is 0 Å². The summed E-state index contributed by atoms with van der Waals surface area (Å²) in [5.74, 6) is 0.166. The quantitative estimate of drug-likeness (QED) is 0.780. The highest BCUT2D eigenvalue weighted by atomic mass is 16.5. The molecule has 2 fully saturated rings. The van der Waals surface area contributed by atoms with Crippen LogP contribution < -0.4 is 0 Å². The van der Waals surface area contributed by atoms with Gasteiger partial charge in [0.15, 0.2) is 0 Å². The number of amides is 1. The van der Waals surface area contributed by atoms with Crippen LogP contribution in [0.5, 0.6) is 0 Å². The lowest BCUT2D eigenvalue weighted by atomic mass is 10.1. The van der Waals surface area contributed by atoms with Gasteiger partial charge in [-0.2, -0.15) is 0 Å². The van der Waals surface area contributed by atoms with Crippen molar-refractivity contribution >= 4 is 5.91 Å². The molecule has 0 radical (unpaired) electrons. The van der Waals surface area contributed by atoms with Gasteiger partial charge in [-0.1, -0.05) is 0 Å². The number of rotatable bonds is 3. The maximum Gasteiger partial charge on any atom is 0.222 e. The number of aliphatic hydroxyl groups excluding tert-OH is 1. The monoisotopic (exact) mass is 227 g/mol. The molecule has 2 unspecified atom stereocenters. The Bertz CT molecular complexity index is 257. The Morgan fingerprint density at radius 2 is 2.25 bits per heavy atom. The number of hydrogen-bond donors (Lipinski definition) is 1. The number of aliphatic hydroxyl groups is 1. The highest BCUT2D eigenvalue weighted by Gasteiger charge is 2.26. The highest BCUT2D eigenvalue weighted by molar-refractivity contribution is 5.76. The topological polar surface area (TPSA) is 49.8 Å². The van der Waals surface area contributed by atoms with Gasteiger partial charge in [-0.3, -0.25) is 4.79 Å². The molecule has 2 heterocycles. The standard InChI is InChI=1S/C12H21NO3/c1-9-2-3-11(16-9)4-5-12(15)13-7-6-10(14)8-13/h9-11,14H,2-8H2,1H3/t9?,10-,11?/m1/s1. The van der Waals surface area contributed by atoms with Gasteiger partial charge in [-0.05, 0) is 32.6 Å². The molecule has 2 aliphatic rings. The van der Waals surface area contributed by atoms with E-state index in [1.807, 2.05) is 0 Å². The minimum absolute atomic E-state index is 0.166. The first kappa shape index (κ1) is 11.9. The number of carbonyl (C=O) groups is 1. The first-order valence-electron chi connectivity index (χ1n) is 6.26. The summed E-state index contributed by atoms with van der Waals surface area (Å²) in [5, 5.41) is 9.34. The molecule has 16 heavy (non-hydrogen) atoms. The van der Waals surface area contributed by atoms with Crippen LogP contribution in [-0.4, -0.2) is 47.3 Å². The van der Waals surface area contributed by atoms with Crippen LogP contribution in [0.2, 0.25) is 0 Å². The minimum atomic E-state index is -0.313. The van der Waals surface area contributed by atoms with Crippen molar-refractivity contribution < 1.29 is 14.6 Å². The maximum absolute atomic E-state index is 11.8. The highest BCUT2D eigenvalue weighted by Crippen LogP contribution is 2.23. The summed E-state index contributed by atoms with van der Waals surface area (Å²) in [6.07, 6.45) is 4.62. The lowest BCUT2D eigenvalue weighted by molar-refractivity contribution is -0.131. The fourth-order valence-corrected chi connectivity index (χ4v) is 2.51. The second kappa shape index (κ2) is 5.15. The van der Waals surface area contributed by atoms with Gasteiger partial charge in [0.1, 0.15) is 0 Å². The predicted molar refractivity (Wildman–Crippen MR) is 60.0 cm³/mol. The molecule has 4 heteroatoms. The van der Waals surface area contributed by atoms with Crippen LogP contribution in [0, 0.1) is 0 Å². The van der Waals surface area contributed by atoms with Gasteiger partial charge in [0.25, 0.3) is 0 Å². The molecule has 2 saturated heterocycles. The number of ether oxygens (including phenoxy) is 1. The Morgan fingerprint density at radius 1 is 1.44 bits per heavy atom. The van der Waals surface area contributed by atoms with Crippen molar-refractivity contribution in [3.05, 3.63) is 0 Å². The van der Waals surface area contributed by atoms with E-state index in [9.17, 15) is 9.90 Å². The molecule has 4 nitrogen and oxygen atoms in total. The van der Waals surface area contributed by atoms with Gasteiger partial charge in [0, 0.05) is 19.5 Å². The molecular weight excluding hydrogens is 206 g/mol. The predicted octanol–water partition coefficient (Wildman–Crippen LogP) is 0.927. The minimum Gasteiger partial charge on any atom is -0.391 e. The van der Waals surface area contributed by atoms with E-state index in [0.29, 0.717) is 25.6 Å². The molecule has 1 amide bonds. The SMILES string of the molecule is CC1CCC(CCC(=O)N2CC[C@@H](O)C2)O1. The third-order valence-electron chi connectivity index (χ3n) is 3.52. The first-order valence-corrected chi connectivity index (χ1v) is 6.26. The largest absolute Gasteiger partial charge is 0.391 e. The van der Waals surface area contributed by atoms with E-state index < -0.39 is 0 Å². The van der Waals surface area contributed by atoms with Gasteiger partial charge < -0.3 is 14.7 Å². The number of carbonyl (C=O) groups excluding carboxylic acids is 1. The van der Waals surface area contributed by atoms with Crippen LogP contribution >= 0.6 is 0 Å². The number of β-amino-alcohol motifs (C(OH)–C–C–N with tert-alkyl or cyclic N) is 1. The fourth-order valence-electron chi connectivity index (χ4n) is 2.51. The average Bonchev–Trinajstić information content (AvgIpc) is 2.84. The molecule has 0 aromatic heterocycles. The van der Waals surface area contributed by atoms with Crippen molar-refractivity contribution in [1.82, 2.24) is 4.90 Å². The zero-order valence-corrected chi connectivity index (χ0v) is 9.89. The zero-order chi connectivity index (χ0) is 11.5. The normalized spacial score (nSPS) is 34.6. The van der Waals surface area contributed by atoms with E-state index in [-0.39, 0.29) is 18.1 Å². The third-order valence-corrected chi connectivity index (χ3v) is 3.52. The average molecular weight is 227 g/mol. The molecule has 1 N–H and O–H groups in total. The molecule has 0 spiro atoms. The molecule has 3 atom stereocenters. The zero-order valence-electron chi connectivity index (χ0n) is 9.89. The summed E-state index contributed by atoms with van der Waals surface area (Å²) in [4.78, 5) is 13.6.